The fourth-order valence-electron chi connectivity index (χ4n) is 2.00. The van der Waals surface area contributed by atoms with Crippen molar-refractivity contribution in [3.8, 4) is 0 Å². The van der Waals surface area contributed by atoms with Crippen LogP contribution in [0.3, 0.4) is 0 Å². The van der Waals surface area contributed by atoms with E-state index in [0.29, 0.717) is 19.1 Å². The Bertz CT molecular complexity index is 292. The predicted octanol–water partition coefficient (Wildman–Crippen LogP) is 1.70. The third kappa shape index (κ3) is 6.27. The van der Waals surface area contributed by atoms with Crippen molar-refractivity contribution < 1.29 is 9.47 Å². The number of halogens is 1. The van der Waals surface area contributed by atoms with E-state index in [2.05, 4.69) is 30.7 Å². The van der Waals surface area contributed by atoms with Gasteiger partial charge in [-0.25, -0.2) is 0 Å². The molecule has 6 heteroatoms. The highest BCUT2D eigenvalue weighted by Crippen LogP contribution is 2.21. The molecule has 0 saturated carbocycles. The lowest BCUT2D eigenvalue weighted by molar-refractivity contribution is 0.00446. The van der Waals surface area contributed by atoms with E-state index in [-0.39, 0.29) is 41.6 Å². The van der Waals surface area contributed by atoms with Crippen molar-refractivity contribution in [2.45, 2.75) is 39.9 Å². The number of morpholine rings is 1. The SMILES string of the molecule is COC(CN=C(N)N1CCOC(C)C1)C(C)(C)C.I. The summed E-state index contributed by atoms with van der Waals surface area (Å²) < 4.78 is 11.0. The van der Waals surface area contributed by atoms with E-state index < -0.39 is 0 Å². The fourth-order valence-corrected chi connectivity index (χ4v) is 2.00. The molecule has 1 saturated heterocycles. The van der Waals surface area contributed by atoms with Gasteiger partial charge in [0.25, 0.3) is 0 Å². The Hall–Kier alpha value is -0.0800. The number of guanidine groups is 1. The number of nitrogens with two attached hydrogens (primary N) is 1. The molecule has 0 radical (unpaired) electrons. The van der Waals surface area contributed by atoms with Crippen LogP contribution < -0.4 is 5.73 Å². The maximum absolute atomic E-state index is 6.02. The van der Waals surface area contributed by atoms with E-state index in [1.807, 2.05) is 6.92 Å². The molecule has 1 rings (SSSR count). The molecule has 19 heavy (non-hydrogen) atoms. The van der Waals surface area contributed by atoms with Crippen molar-refractivity contribution >= 4 is 29.9 Å². The van der Waals surface area contributed by atoms with Gasteiger partial charge in [0.05, 0.1) is 25.4 Å². The van der Waals surface area contributed by atoms with E-state index in [1.54, 1.807) is 7.11 Å². The average molecular weight is 385 g/mol. The lowest BCUT2D eigenvalue weighted by Gasteiger charge is -2.33. The van der Waals surface area contributed by atoms with Crippen molar-refractivity contribution in [1.82, 2.24) is 4.90 Å². The topological polar surface area (TPSA) is 60.1 Å². The Morgan fingerprint density at radius 1 is 1.53 bits per heavy atom. The van der Waals surface area contributed by atoms with Gasteiger partial charge in [0.15, 0.2) is 5.96 Å². The van der Waals surface area contributed by atoms with Gasteiger partial charge in [0, 0.05) is 20.2 Å². The van der Waals surface area contributed by atoms with E-state index in [1.165, 1.54) is 0 Å². The van der Waals surface area contributed by atoms with Gasteiger partial charge in [-0.3, -0.25) is 4.99 Å². The number of rotatable bonds is 3. The van der Waals surface area contributed by atoms with Crippen LogP contribution in [0.2, 0.25) is 0 Å². The molecule has 0 aromatic heterocycles. The molecule has 1 aliphatic rings. The van der Waals surface area contributed by atoms with E-state index in [0.717, 1.165) is 13.1 Å². The number of aliphatic imine (C=N–C) groups is 1. The van der Waals surface area contributed by atoms with Gasteiger partial charge in [-0.15, -0.1) is 24.0 Å². The first-order valence-corrected chi connectivity index (χ1v) is 6.54. The molecule has 1 heterocycles. The van der Waals surface area contributed by atoms with Crippen LogP contribution in [0.25, 0.3) is 0 Å². The Balaban J connectivity index is 0.00000324. The zero-order valence-corrected chi connectivity index (χ0v) is 15.0. The molecule has 0 bridgehead atoms. The molecule has 114 valence electrons. The molecule has 2 unspecified atom stereocenters. The van der Waals surface area contributed by atoms with Crippen LogP contribution in [0.15, 0.2) is 4.99 Å². The largest absolute Gasteiger partial charge is 0.379 e. The first-order chi connectivity index (χ1) is 8.34. The first kappa shape index (κ1) is 18.9. The summed E-state index contributed by atoms with van der Waals surface area (Å²) in [7, 11) is 1.72. The highest BCUT2D eigenvalue weighted by molar-refractivity contribution is 14.0. The zero-order valence-electron chi connectivity index (χ0n) is 12.7. The first-order valence-electron chi connectivity index (χ1n) is 6.54. The van der Waals surface area contributed by atoms with E-state index in [9.17, 15) is 0 Å². The quantitative estimate of drug-likeness (QED) is 0.457. The van der Waals surface area contributed by atoms with Crippen molar-refractivity contribution in [2.24, 2.45) is 16.1 Å². The molecule has 0 aliphatic carbocycles. The summed E-state index contributed by atoms with van der Waals surface area (Å²) >= 11 is 0. The third-order valence-corrected chi connectivity index (χ3v) is 3.23. The molecule has 0 spiro atoms. The van der Waals surface area contributed by atoms with Crippen LogP contribution in [0, 0.1) is 5.41 Å². The number of hydrogen-bond donors (Lipinski definition) is 1. The molecule has 0 aromatic carbocycles. The van der Waals surface area contributed by atoms with Gasteiger partial charge >= 0.3 is 0 Å². The van der Waals surface area contributed by atoms with Gasteiger partial charge in [-0.05, 0) is 12.3 Å². The van der Waals surface area contributed by atoms with E-state index in [4.69, 9.17) is 15.2 Å². The van der Waals surface area contributed by atoms with Gasteiger partial charge in [0.2, 0.25) is 0 Å². The minimum Gasteiger partial charge on any atom is -0.379 e. The molecule has 1 aliphatic heterocycles. The maximum Gasteiger partial charge on any atom is 0.191 e. The number of hydrogen-bond acceptors (Lipinski definition) is 3. The van der Waals surface area contributed by atoms with Crippen LogP contribution in [-0.2, 0) is 9.47 Å². The van der Waals surface area contributed by atoms with Crippen molar-refractivity contribution in [3.63, 3.8) is 0 Å². The predicted molar refractivity (Wildman–Crippen MR) is 89.1 cm³/mol. The number of methoxy groups -OCH3 is 1. The molecule has 0 amide bonds. The summed E-state index contributed by atoms with van der Waals surface area (Å²) in [5.74, 6) is 0.594. The fraction of sp³-hybridized carbons (Fsp3) is 0.923. The summed E-state index contributed by atoms with van der Waals surface area (Å²) in [5, 5.41) is 0. The second-order valence-corrected chi connectivity index (χ2v) is 5.92. The zero-order chi connectivity index (χ0) is 13.8. The Kier molecular flexibility index (Phi) is 8.23. The summed E-state index contributed by atoms with van der Waals surface area (Å²) in [6, 6.07) is 0. The molecular weight excluding hydrogens is 357 g/mol. The monoisotopic (exact) mass is 385 g/mol. The van der Waals surface area contributed by atoms with Crippen LogP contribution in [0.1, 0.15) is 27.7 Å². The van der Waals surface area contributed by atoms with Crippen LogP contribution >= 0.6 is 24.0 Å². The standard InChI is InChI=1S/C13H27N3O2.HI/c1-10-9-16(6-7-18-10)12(14)15-8-11(17-5)13(2,3)4;/h10-11H,6-9H2,1-5H3,(H2,14,15);1H. The Labute approximate surface area is 133 Å². The Morgan fingerprint density at radius 2 is 2.16 bits per heavy atom. The lowest BCUT2D eigenvalue weighted by atomic mass is 9.89. The summed E-state index contributed by atoms with van der Waals surface area (Å²) in [6.45, 7) is 11.4. The number of ether oxygens (including phenoxy) is 2. The van der Waals surface area contributed by atoms with Crippen molar-refractivity contribution in [1.29, 1.82) is 0 Å². The summed E-state index contributed by atoms with van der Waals surface area (Å²) in [4.78, 5) is 6.53. The third-order valence-electron chi connectivity index (χ3n) is 3.23. The van der Waals surface area contributed by atoms with Crippen LogP contribution in [-0.4, -0.2) is 56.4 Å². The smallest absolute Gasteiger partial charge is 0.191 e. The van der Waals surface area contributed by atoms with Gasteiger partial charge in [-0.2, -0.15) is 0 Å². The minimum atomic E-state index is 0. The highest BCUT2D eigenvalue weighted by atomic mass is 127. The normalized spacial score (nSPS) is 22.9. The van der Waals surface area contributed by atoms with Crippen molar-refractivity contribution in [2.75, 3.05) is 33.4 Å². The van der Waals surface area contributed by atoms with E-state index >= 15 is 0 Å². The number of nitrogens with zero attached hydrogens (tertiary/aromatic N) is 2. The molecule has 2 N–H and O–H groups in total. The average Bonchev–Trinajstić information content (AvgIpc) is 2.27. The van der Waals surface area contributed by atoms with Crippen LogP contribution in [0.5, 0.6) is 0 Å². The maximum atomic E-state index is 6.02. The molecule has 0 aromatic rings. The second-order valence-electron chi connectivity index (χ2n) is 5.92. The second kappa shape index (κ2) is 8.26. The molecule has 5 nitrogen and oxygen atoms in total. The van der Waals surface area contributed by atoms with Crippen LogP contribution in [0.4, 0.5) is 0 Å². The lowest BCUT2D eigenvalue weighted by Crippen LogP contribution is -2.48. The molecular formula is C13H28IN3O2. The van der Waals surface area contributed by atoms with Gasteiger partial charge in [0.1, 0.15) is 0 Å². The highest BCUT2D eigenvalue weighted by Gasteiger charge is 2.24. The summed E-state index contributed by atoms with van der Waals surface area (Å²) in [5.41, 5.74) is 6.09. The van der Waals surface area contributed by atoms with Gasteiger partial charge in [-0.1, -0.05) is 20.8 Å². The summed E-state index contributed by atoms with van der Waals surface area (Å²) in [6.07, 6.45) is 0.294. The van der Waals surface area contributed by atoms with Gasteiger partial charge < -0.3 is 20.1 Å². The van der Waals surface area contributed by atoms with Crippen molar-refractivity contribution in [3.05, 3.63) is 0 Å². The minimum absolute atomic E-state index is 0. The molecule has 2 atom stereocenters. The molecule has 1 fully saturated rings. The Morgan fingerprint density at radius 3 is 2.63 bits per heavy atom.